The van der Waals surface area contributed by atoms with E-state index in [2.05, 4.69) is 10.6 Å². The normalized spacial score (nSPS) is 14.4. The third-order valence-corrected chi connectivity index (χ3v) is 3.04. The number of benzene rings is 1. The van der Waals surface area contributed by atoms with E-state index in [4.69, 9.17) is 9.84 Å². The summed E-state index contributed by atoms with van der Waals surface area (Å²) in [6.45, 7) is 1.70. The molecule has 21 heavy (non-hydrogen) atoms. The molecule has 0 saturated heterocycles. The number of carboxylic acid groups (broad SMARTS) is 1. The van der Waals surface area contributed by atoms with E-state index in [-0.39, 0.29) is 30.9 Å². The van der Waals surface area contributed by atoms with Crippen molar-refractivity contribution in [1.29, 1.82) is 0 Å². The Morgan fingerprint density at radius 3 is 2.95 bits per heavy atom. The second kappa shape index (κ2) is 6.25. The van der Waals surface area contributed by atoms with Gasteiger partial charge in [0.1, 0.15) is 5.75 Å². The first-order valence-corrected chi connectivity index (χ1v) is 6.55. The number of nitrogens with one attached hydrogen (secondary N) is 2. The van der Waals surface area contributed by atoms with Gasteiger partial charge in [0, 0.05) is 18.0 Å². The molecule has 0 saturated carbocycles. The van der Waals surface area contributed by atoms with Crippen molar-refractivity contribution in [3.8, 4) is 5.75 Å². The largest absolute Gasteiger partial charge is 0.482 e. The van der Waals surface area contributed by atoms with E-state index in [1.165, 1.54) is 6.07 Å². The molecule has 1 atom stereocenters. The first-order valence-electron chi connectivity index (χ1n) is 6.55. The van der Waals surface area contributed by atoms with Crippen LogP contribution in [-0.2, 0) is 9.59 Å². The van der Waals surface area contributed by atoms with E-state index in [1.54, 1.807) is 19.1 Å². The van der Waals surface area contributed by atoms with Gasteiger partial charge < -0.3 is 20.5 Å². The summed E-state index contributed by atoms with van der Waals surface area (Å²) in [6, 6.07) is 4.49. The summed E-state index contributed by atoms with van der Waals surface area (Å²) in [4.78, 5) is 33.8. The predicted octanol–water partition coefficient (Wildman–Crippen LogP) is 1.00. The SMILES string of the molecule is CC(CCC(=O)O)NC(=O)c1ccc2c(c1)NC(=O)CO2. The lowest BCUT2D eigenvalue weighted by atomic mass is 10.1. The molecule has 7 nitrogen and oxygen atoms in total. The van der Waals surface area contributed by atoms with E-state index < -0.39 is 5.97 Å². The molecule has 1 aromatic rings. The van der Waals surface area contributed by atoms with Gasteiger partial charge in [-0.2, -0.15) is 0 Å². The van der Waals surface area contributed by atoms with Gasteiger partial charge in [0.25, 0.3) is 11.8 Å². The Morgan fingerprint density at radius 1 is 1.48 bits per heavy atom. The smallest absolute Gasteiger partial charge is 0.303 e. The number of hydrogen-bond donors (Lipinski definition) is 3. The first-order chi connectivity index (χ1) is 9.95. The fraction of sp³-hybridized carbons (Fsp3) is 0.357. The molecule has 1 aromatic carbocycles. The zero-order valence-electron chi connectivity index (χ0n) is 11.5. The van der Waals surface area contributed by atoms with Crippen LogP contribution in [0.3, 0.4) is 0 Å². The molecule has 2 amide bonds. The Bertz CT molecular complexity index is 585. The van der Waals surface area contributed by atoms with Crippen LogP contribution in [-0.4, -0.2) is 35.5 Å². The van der Waals surface area contributed by atoms with E-state index in [0.717, 1.165) is 0 Å². The van der Waals surface area contributed by atoms with Crippen LogP contribution in [0, 0.1) is 0 Å². The molecule has 7 heteroatoms. The summed E-state index contributed by atoms with van der Waals surface area (Å²) in [6.07, 6.45) is 0.349. The van der Waals surface area contributed by atoms with Crippen molar-refractivity contribution in [2.24, 2.45) is 0 Å². The minimum absolute atomic E-state index is 0.00443. The number of hydrogen-bond acceptors (Lipinski definition) is 4. The highest BCUT2D eigenvalue weighted by Crippen LogP contribution is 2.28. The minimum Gasteiger partial charge on any atom is -0.482 e. The second-order valence-corrected chi connectivity index (χ2v) is 4.85. The van der Waals surface area contributed by atoms with Crippen LogP contribution in [0.1, 0.15) is 30.1 Å². The summed E-state index contributed by atoms with van der Waals surface area (Å²) < 4.78 is 5.21. The topological polar surface area (TPSA) is 105 Å². The second-order valence-electron chi connectivity index (χ2n) is 4.85. The fourth-order valence-corrected chi connectivity index (χ4v) is 1.94. The lowest BCUT2D eigenvalue weighted by molar-refractivity contribution is -0.137. The molecule has 0 radical (unpaired) electrons. The zero-order valence-corrected chi connectivity index (χ0v) is 11.5. The van der Waals surface area contributed by atoms with Gasteiger partial charge in [-0.05, 0) is 31.5 Å². The predicted molar refractivity (Wildman–Crippen MR) is 74.4 cm³/mol. The number of carbonyl (C=O) groups excluding carboxylic acids is 2. The highest BCUT2D eigenvalue weighted by molar-refractivity contribution is 5.99. The average molecular weight is 292 g/mol. The Balaban J connectivity index is 2.01. The molecule has 0 spiro atoms. The third-order valence-electron chi connectivity index (χ3n) is 3.04. The average Bonchev–Trinajstić information content (AvgIpc) is 2.44. The van der Waals surface area contributed by atoms with Crippen LogP contribution in [0.25, 0.3) is 0 Å². The highest BCUT2D eigenvalue weighted by atomic mass is 16.5. The molecule has 0 bridgehead atoms. The highest BCUT2D eigenvalue weighted by Gasteiger charge is 2.18. The van der Waals surface area contributed by atoms with Crippen molar-refractivity contribution >= 4 is 23.5 Å². The molecule has 0 aliphatic carbocycles. The van der Waals surface area contributed by atoms with Crippen LogP contribution >= 0.6 is 0 Å². The van der Waals surface area contributed by atoms with Gasteiger partial charge >= 0.3 is 5.97 Å². The Labute approximate surface area is 121 Å². The van der Waals surface area contributed by atoms with Gasteiger partial charge in [0.15, 0.2) is 6.61 Å². The standard InChI is InChI=1S/C14H16N2O5/c1-8(2-5-13(18)19)15-14(20)9-3-4-11-10(6-9)16-12(17)7-21-11/h3-4,6,8H,2,5,7H2,1H3,(H,15,20)(H,16,17)(H,18,19). The van der Waals surface area contributed by atoms with Gasteiger partial charge in [-0.3, -0.25) is 14.4 Å². The molecular formula is C14H16N2O5. The summed E-state index contributed by atoms with van der Waals surface area (Å²) in [5.41, 5.74) is 0.832. The van der Waals surface area contributed by atoms with Crippen molar-refractivity contribution in [3.05, 3.63) is 23.8 Å². The van der Waals surface area contributed by atoms with Gasteiger partial charge in [0.2, 0.25) is 0 Å². The van der Waals surface area contributed by atoms with Gasteiger partial charge in [-0.1, -0.05) is 0 Å². The fourth-order valence-electron chi connectivity index (χ4n) is 1.94. The molecule has 2 rings (SSSR count). The molecule has 0 fully saturated rings. The van der Waals surface area contributed by atoms with Crippen molar-refractivity contribution in [2.75, 3.05) is 11.9 Å². The molecule has 112 valence electrons. The summed E-state index contributed by atoms with van der Waals surface area (Å²) in [7, 11) is 0. The summed E-state index contributed by atoms with van der Waals surface area (Å²) in [5.74, 6) is -0.972. The maximum Gasteiger partial charge on any atom is 0.303 e. The number of amides is 2. The number of anilines is 1. The number of fused-ring (bicyclic) bond motifs is 1. The molecule has 0 aromatic heterocycles. The molecule has 1 aliphatic heterocycles. The van der Waals surface area contributed by atoms with Gasteiger partial charge in [-0.25, -0.2) is 0 Å². The lowest BCUT2D eigenvalue weighted by Crippen LogP contribution is -2.33. The van der Waals surface area contributed by atoms with Crippen molar-refractivity contribution in [2.45, 2.75) is 25.8 Å². The molecule has 1 unspecified atom stereocenters. The molecule has 1 aliphatic rings. The Kier molecular flexibility index (Phi) is 4.42. The Hall–Kier alpha value is -2.57. The van der Waals surface area contributed by atoms with E-state index in [0.29, 0.717) is 23.4 Å². The Morgan fingerprint density at radius 2 is 2.24 bits per heavy atom. The zero-order chi connectivity index (χ0) is 15.4. The van der Waals surface area contributed by atoms with Crippen LogP contribution in [0.5, 0.6) is 5.75 Å². The third kappa shape index (κ3) is 3.95. The molecule has 3 N–H and O–H groups in total. The monoisotopic (exact) mass is 292 g/mol. The minimum atomic E-state index is -0.898. The summed E-state index contributed by atoms with van der Waals surface area (Å²) >= 11 is 0. The maximum absolute atomic E-state index is 12.1. The van der Waals surface area contributed by atoms with Crippen LogP contribution in [0.4, 0.5) is 5.69 Å². The summed E-state index contributed by atoms with van der Waals surface area (Å²) in [5, 5.41) is 13.9. The number of aliphatic carboxylic acids is 1. The van der Waals surface area contributed by atoms with Crippen LogP contribution < -0.4 is 15.4 Å². The van der Waals surface area contributed by atoms with E-state index in [9.17, 15) is 14.4 Å². The molecule has 1 heterocycles. The maximum atomic E-state index is 12.1. The van der Waals surface area contributed by atoms with E-state index in [1.807, 2.05) is 0 Å². The van der Waals surface area contributed by atoms with Crippen molar-refractivity contribution in [1.82, 2.24) is 5.32 Å². The lowest BCUT2D eigenvalue weighted by Gasteiger charge is -2.19. The molecular weight excluding hydrogens is 276 g/mol. The van der Waals surface area contributed by atoms with Crippen LogP contribution in [0.2, 0.25) is 0 Å². The van der Waals surface area contributed by atoms with Crippen molar-refractivity contribution in [3.63, 3.8) is 0 Å². The van der Waals surface area contributed by atoms with Crippen molar-refractivity contribution < 1.29 is 24.2 Å². The number of rotatable bonds is 5. The quantitative estimate of drug-likeness (QED) is 0.751. The number of ether oxygens (including phenoxy) is 1. The van der Waals surface area contributed by atoms with Crippen LogP contribution in [0.15, 0.2) is 18.2 Å². The number of carbonyl (C=O) groups is 3. The van der Waals surface area contributed by atoms with Gasteiger partial charge in [-0.15, -0.1) is 0 Å². The first kappa shape index (κ1) is 14.8. The van der Waals surface area contributed by atoms with Gasteiger partial charge in [0.05, 0.1) is 5.69 Å². The number of carboxylic acids is 1. The van der Waals surface area contributed by atoms with E-state index >= 15 is 0 Å².